The molecule has 1 aliphatic rings. The molecule has 234 valence electrons. The Balaban J connectivity index is 1.06. The number of halogens is 3. The van der Waals surface area contributed by atoms with Crippen LogP contribution in [-0.4, -0.2) is 70.8 Å². The number of urea groups is 1. The molecule has 14 heteroatoms. The summed E-state index contributed by atoms with van der Waals surface area (Å²) < 4.78 is 39.6. The summed E-state index contributed by atoms with van der Waals surface area (Å²) in [4.78, 5) is 33.7. The van der Waals surface area contributed by atoms with Crippen molar-refractivity contribution in [3.8, 4) is 16.3 Å². The summed E-state index contributed by atoms with van der Waals surface area (Å²) in [6.07, 6.45) is -3.18. The highest BCUT2D eigenvalue weighted by Crippen LogP contribution is 2.34. The number of benzene rings is 3. The summed E-state index contributed by atoms with van der Waals surface area (Å²) in [7, 11) is 0. The molecule has 0 aliphatic carbocycles. The topological polar surface area (TPSA) is 122 Å². The summed E-state index contributed by atoms with van der Waals surface area (Å²) in [6, 6.07) is 17.6. The Morgan fingerprint density at radius 1 is 0.933 bits per heavy atom. The Kier molecular flexibility index (Phi) is 10.1. The maximum atomic E-state index is 13.2. The van der Waals surface area contributed by atoms with Gasteiger partial charge in [-0.25, -0.2) is 15.2 Å². The Morgan fingerprint density at radius 3 is 2.36 bits per heavy atom. The molecule has 0 radical (unpaired) electrons. The molecule has 4 N–H and O–H groups in total. The minimum absolute atomic E-state index is 0.0886. The predicted molar refractivity (Wildman–Crippen MR) is 167 cm³/mol. The van der Waals surface area contributed by atoms with Crippen LogP contribution in [0.3, 0.4) is 0 Å². The zero-order valence-electron chi connectivity index (χ0n) is 23.9. The number of thiazole rings is 1. The number of hydrogen-bond acceptors (Lipinski definition) is 8. The van der Waals surface area contributed by atoms with Crippen molar-refractivity contribution >= 4 is 40.9 Å². The van der Waals surface area contributed by atoms with Crippen LogP contribution >= 0.6 is 11.3 Å². The number of carbonyl (C=O) groups excluding carboxylic acids is 2. The SMILES string of the molecule is O=C(CN1CCN(Cc2csc(-c3ccc(NC(=O)Nc4ccccc4C(F)(F)F)cc3)n2)CC1)N/N=C/c1ccccc1O. The number of phenols is 1. The lowest BCUT2D eigenvalue weighted by molar-refractivity contribution is -0.137. The highest BCUT2D eigenvalue weighted by Gasteiger charge is 2.33. The molecule has 4 aromatic rings. The molecule has 3 aromatic carbocycles. The minimum Gasteiger partial charge on any atom is -0.507 e. The van der Waals surface area contributed by atoms with E-state index in [0.717, 1.165) is 48.5 Å². The van der Waals surface area contributed by atoms with Gasteiger partial charge in [0.15, 0.2) is 0 Å². The number of rotatable bonds is 9. The number of nitrogens with zero attached hydrogens (tertiary/aromatic N) is 4. The molecule has 1 fully saturated rings. The van der Waals surface area contributed by atoms with Gasteiger partial charge in [0, 0.05) is 54.9 Å². The van der Waals surface area contributed by atoms with Gasteiger partial charge in [0.05, 0.1) is 29.7 Å². The van der Waals surface area contributed by atoms with Gasteiger partial charge < -0.3 is 15.7 Å². The quantitative estimate of drug-likeness (QED) is 0.143. The van der Waals surface area contributed by atoms with Gasteiger partial charge in [0.25, 0.3) is 5.91 Å². The van der Waals surface area contributed by atoms with E-state index in [1.165, 1.54) is 35.8 Å². The monoisotopic (exact) mass is 637 g/mol. The van der Waals surface area contributed by atoms with E-state index in [1.807, 2.05) is 5.38 Å². The molecular weight excluding hydrogens is 607 g/mol. The number of alkyl halides is 3. The smallest absolute Gasteiger partial charge is 0.418 e. The fraction of sp³-hybridized carbons (Fsp3) is 0.226. The molecule has 3 amide bonds. The summed E-state index contributed by atoms with van der Waals surface area (Å²) in [6.45, 7) is 3.88. The van der Waals surface area contributed by atoms with Crippen molar-refractivity contribution in [1.82, 2.24) is 20.2 Å². The van der Waals surface area contributed by atoms with Crippen LogP contribution in [0.5, 0.6) is 5.75 Å². The van der Waals surface area contributed by atoms with Gasteiger partial charge in [-0.15, -0.1) is 11.3 Å². The van der Waals surface area contributed by atoms with Gasteiger partial charge in [0.1, 0.15) is 10.8 Å². The van der Waals surface area contributed by atoms with E-state index in [-0.39, 0.29) is 23.9 Å². The van der Waals surface area contributed by atoms with Crippen LogP contribution in [0, 0.1) is 0 Å². The number of para-hydroxylation sites is 2. The summed E-state index contributed by atoms with van der Waals surface area (Å²) >= 11 is 1.50. The maximum Gasteiger partial charge on any atom is 0.418 e. The zero-order valence-corrected chi connectivity index (χ0v) is 24.7. The van der Waals surface area contributed by atoms with Crippen molar-refractivity contribution in [2.75, 3.05) is 43.4 Å². The molecule has 0 bridgehead atoms. The number of piperazine rings is 1. The molecule has 1 aromatic heterocycles. The Hall–Kier alpha value is -4.79. The largest absolute Gasteiger partial charge is 0.507 e. The van der Waals surface area contributed by atoms with Gasteiger partial charge >= 0.3 is 12.2 Å². The summed E-state index contributed by atoms with van der Waals surface area (Å²) in [5.74, 6) is -0.140. The molecular formula is C31H30F3N7O3S. The first-order valence-electron chi connectivity index (χ1n) is 14.0. The van der Waals surface area contributed by atoms with Gasteiger partial charge in [0.2, 0.25) is 0 Å². The molecule has 0 saturated carbocycles. The van der Waals surface area contributed by atoms with Gasteiger partial charge in [-0.05, 0) is 48.5 Å². The lowest BCUT2D eigenvalue weighted by Crippen LogP contribution is -2.48. The van der Waals surface area contributed by atoms with Crippen molar-refractivity contribution in [1.29, 1.82) is 0 Å². The Morgan fingerprint density at radius 2 is 1.62 bits per heavy atom. The van der Waals surface area contributed by atoms with Crippen LogP contribution in [-0.2, 0) is 17.5 Å². The van der Waals surface area contributed by atoms with Crippen LogP contribution in [0.2, 0.25) is 0 Å². The van der Waals surface area contributed by atoms with Crippen molar-refractivity contribution in [2.24, 2.45) is 5.10 Å². The molecule has 1 saturated heterocycles. The van der Waals surface area contributed by atoms with Crippen LogP contribution in [0.4, 0.5) is 29.3 Å². The van der Waals surface area contributed by atoms with E-state index in [0.29, 0.717) is 17.8 Å². The number of aromatic nitrogens is 1. The van der Waals surface area contributed by atoms with Crippen LogP contribution in [0.1, 0.15) is 16.8 Å². The molecule has 0 unspecified atom stereocenters. The van der Waals surface area contributed by atoms with Crippen molar-refractivity contribution in [2.45, 2.75) is 12.7 Å². The fourth-order valence-electron chi connectivity index (χ4n) is 4.68. The van der Waals surface area contributed by atoms with E-state index in [9.17, 15) is 27.9 Å². The first kappa shape index (κ1) is 31.6. The third kappa shape index (κ3) is 8.88. The van der Waals surface area contributed by atoms with Crippen molar-refractivity contribution in [3.05, 3.63) is 95.0 Å². The number of phenolic OH excluding ortho intramolecular Hbond substituents is 1. The molecule has 1 aliphatic heterocycles. The predicted octanol–water partition coefficient (Wildman–Crippen LogP) is 5.45. The van der Waals surface area contributed by atoms with E-state index >= 15 is 0 Å². The first-order valence-corrected chi connectivity index (χ1v) is 14.9. The highest BCUT2D eigenvalue weighted by atomic mass is 32.1. The van der Waals surface area contributed by atoms with E-state index in [4.69, 9.17) is 4.98 Å². The second-order valence-corrected chi connectivity index (χ2v) is 11.1. The summed E-state index contributed by atoms with van der Waals surface area (Å²) in [5.41, 5.74) is 3.96. The average molecular weight is 638 g/mol. The molecule has 2 heterocycles. The molecule has 0 atom stereocenters. The van der Waals surface area contributed by atoms with Crippen LogP contribution < -0.4 is 16.1 Å². The lowest BCUT2D eigenvalue weighted by Gasteiger charge is -2.33. The first-order chi connectivity index (χ1) is 21.6. The van der Waals surface area contributed by atoms with Gasteiger partial charge in [-0.1, -0.05) is 24.3 Å². The molecule has 0 spiro atoms. The lowest BCUT2D eigenvalue weighted by atomic mass is 10.1. The number of nitrogens with one attached hydrogen (secondary N) is 3. The average Bonchev–Trinajstić information content (AvgIpc) is 3.47. The normalized spacial score (nSPS) is 14.4. The number of hydrogen-bond donors (Lipinski definition) is 4. The number of carbonyl (C=O) groups is 2. The van der Waals surface area contributed by atoms with Crippen LogP contribution in [0.15, 0.2) is 83.3 Å². The van der Waals surface area contributed by atoms with Gasteiger partial charge in [-0.2, -0.15) is 18.3 Å². The zero-order chi connectivity index (χ0) is 31.8. The molecule has 10 nitrogen and oxygen atoms in total. The fourth-order valence-corrected chi connectivity index (χ4v) is 5.49. The minimum atomic E-state index is -4.59. The molecule has 45 heavy (non-hydrogen) atoms. The number of hydrazone groups is 1. The Labute approximate surface area is 261 Å². The molecule has 5 rings (SSSR count). The maximum absolute atomic E-state index is 13.2. The second-order valence-electron chi connectivity index (χ2n) is 10.2. The van der Waals surface area contributed by atoms with Crippen LogP contribution in [0.25, 0.3) is 10.6 Å². The number of anilines is 2. The second kappa shape index (κ2) is 14.3. The Bertz CT molecular complexity index is 1650. The van der Waals surface area contributed by atoms with E-state index in [2.05, 4.69) is 31.0 Å². The van der Waals surface area contributed by atoms with Gasteiger partial charge in [-0.3, -0.25) is 14.6 Å². The standard InChI is InChI=1S/C31H30F3N7O3S/c32-31(33,34)25-6-2-3-7-26(25)38-30(44)37-23-11-9-21(10-12-23)29-36-24(20-45-29)18-40-13-15-41(16-14-40)19-28(43)39-35-17-22-5-1-4-8-27(22)42/h1-12,17,20,42H,13-16,18-19H2,(H,39,43)(H2,37,38,44)/b35-17+. The third-order valence-corrected chi connectivity index (χ3v) is 7.91. The van der Waals surface area contributed by atoms with Crippen molar-refractivity contribution in [3.63, 3.8) is 0 Å². The van der Waals surface area contributed by atoms with Crippen molar-refractivity contribution < 1.29 is 27.9 Å². The number of aromatic hydroxyl groups is 1. The van der Waals surface area contributed by atoms with E-state index in [1.54, 1.807) is 48.5 Å². The van der Waals surface area contributed by atoms with E-state index < -0.39 is 17.8 Å². The summed E-state index contributed by atoms with van der Waals surface area (Å²) in [5, 5.41) is 21.3. The number of amides is 3. The third-order valence-electron chi connectivity index (χ3n) is 6.97. The highest BCUT2D eigenvalue weighted by molar-refractivity contribution is 7.13.